The molecule has 0 aliphatic heterocycles. The molecule has 2 aromatic carbocycles. The van der Waals surface area contributed by atoms with Gasteiger partial charge in [-0.15, -0.1) is 0 Å². The zero-order chi connectivity index (χ0) is 17.0. The minimum Gasteiger partial charge on any atom is -0.481 e. The molecule has 1 atom stereocenters. The molecule has 7 heteroatoms. The second-order valence-corrected chi connectivity index (χ2v) is 5.21. The number of halogens is 3. The second kappa shape index (κ2) is 7.19. The quantitative estimate of drug-likeness (QED) is 0.875. The van der Waals surface area contributed by atoms with Gasteiger partial charge in [-0.3, -0.25) is 9.59 Å². The molecule has 0 aromatic heterocycles. The first kappa shape index (κ1) is 16.9. The molecule has 0 heterocycles. The molecule has 0 aliphatic carbocycles. The van der Waals surface area contributed by atoms with Gasteiger partial charge in [0.1, 0.15) is 17.2 Å². The number of hydrogen-bond donors (Lipinski definition) is 2. The van der Waals surface area contributed by atoms with Gasteiger partial charge >= 0.3 is 5.97 Å². The van der Waals surface area contributed by atoms with Crippen LogP contribution in [0.3, 0.4) is 0 Å². The van der Waals surface area contributed by atoms with E-state index in [1.54, 1.807) is 0 Å². The summed E-state index contributed by atoms with van der Waals surface area (Å²) in [6.07, 6.45) is -0.441. The standard InChI is InChI=1S/C16H12ClF2NO3/c17-10-6-4-9(5-7-10)13(8-14(21)22)20-16(23)15-11(18)2-1-3-12(15)19/h1-7,13H,8H2,(H,20,23)(H,21,22)/t13-/m1/s1. The third kappa shape index (κ3) is 4.26. The molecule has 120 valence electrons. The third-order valence-corrected chi connectivity index (χ3v) is 3.40. The van der Waals surface area contributed by atoms with Crippen molar-refractivity contribution in [3.8, 4) is 0 Å². The number of carbonyl (C=O) groups excluding carboxylic acids is 1. The average molecular weight is 340 g/mol. The summed E-state index contributed by atoms with van der Waals surface area (Å²) in [6, 6.07) is 8.22. The van der Waals surface area contributed by atoms with Crippen LogP contribution in [0.2, 0.25) is 5.02 Å². The Morgan fingerprint density at radius 3 is 2.17 bits per heavy atom. The first-order chi connectivity index (χ1) is 10.9. The Labute approximate surface area is 135 Å². The maximum Gasteiger partial charge on any atom is 0.305 e. The number of benzene rings is 2. The predicted molar refractivity (Wildman–Crippen MR) is 80.3 cm³/mol. The van der Waals surface area contributed by atoms with Crippen LogP contribution in [0.5, 0.6) is 0 Å². The predicted octanol–water partition coefficient (Wildman–Crippen LogP) is 3.56. The van der Waals surface area contributed by atoms with E-state index in [4.69, 9.17) is 16.7 Å². The molecule has 4 nitrogen and oxygen atoms in total. The van der Waals surface area contributed by atoms with Crippen molar-refractivity contribution >= 4 is 23.5 Å². The molecule has 0 fully saturated rings. The topological polar surface area (TPSA) is 66.4 Å². The summed E-state index contributed by atoms with van der Waals surface area (Å²) < 4.78 is 27.3. The van der Waals surface area contributed by atoms with E-state index in [0.717, 1.165) is 18.2 Å². The van der Waals surface area contributed by atoms with Crippen LogP contribution >= 0.6 is 11.6 Å². The molecule has 0 saturated carbocycles. The molecule has 0 saturated heterocycles. The highest BCUT2D eigenvalue weighted by Crippen LogP contribution is 2.21. The van der Waals surface area contributed by atoms with Crippen molar-refractivity contribution in [2.24, 2.45) is 0 Å². The molecule has 23 heavy (non-hydrogen) atoms. The third-order valence-electron chi connectivity index (χ3n) is 3.15. The van der Waals surface area contributed by atoms with Crippen molar-refractivity contribution in [1.82, 2.24) is 5.32 Å². The fraction of sp³-hybridized carbons (Fsp3) is 0.125. The molecular weight excluding hydrogens is 328 g/mol. The molecule has 2 rings (SSSR count). The minimum absolute atomic E-state index is 0.439. The van der Waals surface area contributed by atoms with Crippen LogP contribution in [-0.4, -0.2) is 17.0 Å². The van der Waals surface area contributed by atoms with E-state index < -0.39 is 41.5 Å². The Balaban J connectivity index is 2.29. The Kier molecular flexibility index (Phi) is 5.28. The van der Waals surface area contributed by atoms with E-state index in [-0.39, 0.29) is 0 Å². The molecule has 0 radical (unpaired) electrons. The van der Waals surface area contributed by atoms with Crippen LogP contribution in [0.1, 0.15) is 28.4 Å². The van der Waals surface area contributed by atoms with Crippen LogP contribution in [0, 0.1) is 11.6 Å². The number of carboxylic acid groups (broad SMARTS) is 1. The average Bonchev–Trinajstić information content (AvgIpc) is 2.46. The first-order valence-corrected chi connectivity index (χ1v) is 6.98. The lowest BCUT2D eigenvalue weighted by atomic mass is 10.0. The highest BCUT2D eigenvalue weighted by Gasteiger charge is 2.23. The van der Waals surface area contributed by atoms with Crippen molar-refractivity contribution in [2.75, 3.05) is 0 Å². The van der Waals surface area contributed by atoms with Crippen LogP contribution in [0.25, 0.3) is 0 Å². The largest absolute Gasteiger partial charge is 0.481 e. The van der Waals surface area contributed by atoms with Gasteiger partial charge in [-0.1, -0.05) is 29.8 Å². The number of carbonyl (C=O) groups is 2. The summed E-state index contributed by atoms with van der Waals surface area (Å²) in [5.74, 6) is -4.23. The lowest BCUT2D eigenvalue weighted by Gasteiger charge is -2.18. The van der Waals surface area contributed by atoms with Gasteiger partial charge in [0, 0.05) is 5.02 Å². The van der Waals surface area contributed by atoms with Gasteiger partial charge in [0.05, 0.1) is 12.5 Å². The number of hydrogen-bond acceptors (Lipinski definition) is 2. The van der Waals surface area contributed by atoms with E-state index in [2.05, 4.69) is 5.32 Å². The Morgan fingerprint density at radius 1 is 1.09 bits per heavy atom. The summed E-state index contributed by atoms with van der Waals surface area (Å²) in [6.45, 7) is 0. The highest BCUT2D eigenvalue weighted by atomic mass is 35.5. The van der Waals surface area contributed by atoms with Gasteiger partial charge in [-0.25, -0.2) is 8.78 Å². The van der Waals surface area contributed by atoms with Crippen LogP contribution in [-0.2, 0) is 4.79 Å². The van der Waals surface area contributed by atoms with Crippen molar-refractivity contribution in [1.29, 1.82) is 0 Å². The first-order valence-electron chi connectivity index (χ1n) is 6.60. The maximum atomic E-state index is 13.6. The number of nitrogens with one attached hydrogen (secondary N) is 1. The normalized spacial score (nSPS) is 11.8. The van der Waals surface area contributed by atoms with Gasteiger partial charge in [0.2, 0.25) is 0 Å². The molecule has 0 bridgehead atoms. The van der Waals surface area contributed by atoms with Gasteiger partial charge in [0.25, 0.3) is 5.91 Å². The van der Waals surface area contributed by atoms with Crippen molar-refractivity contribution in [3.63, 3.8) is 0 Å². The Morgan fingerprint density at radius 2 is 1.65 bits per heavy atom. The number of rotatable bonds is 5. The van der Waals surface area contributed by atoms with E-state index in [9.17, 15) is 18.4 Å². The fourth-order valence-corrected chi connectivity index (χ4v) is 2.19. The van der Waals surface area contributed by atoms with Gasteiger partial charge < -0.3 is 10.4 Å². The molecule has 2 aromatic rings. The Bertz CT molecular complexity index is 714. The molecular formula is C16H12ClF2NO3. The van der Waals surface area contributed by atoms with Crippen molar-refractivity contribution in [2.45, 2.75) is 12.5 Å². The molecule has 0 aliphatic rings. The minimum atomic E-state index is -1.17. The second-order valence-electron chi connectivity index (χ2n) is 4.77. The van der Waals surface area contributed by atoms with Crippen LogP contribution in [0.4, 0.5) is 8.78 Å². The van der Waals surface area contributed by atoms with Crippen LogP contribution < -0.4 is 5.32 Å². The van der Waals surface area contributed by atoms with E-state index in [1.165, 1.54) is 24.3 Å². The van der Waals surface area contributed by atoms with E-state index in [0.29, 0.717) is 10.6 Å². The van der Waals surface area contributed by atoms with E-state index >= 15 is 0 Å². The summed E-state index contributed by atoms with van der Waals surface area (Å²) in [5.41, 5.74) is -0.293. The number of aliphatic carboxylic acids is 1. The van der Waals surface area contributed by atoms with Gasteiger partial charge in [-0.2, -0.15) is 0 Å². The zero-order valence-electron chi connectivity index (χ0n) is 11.7. The molecule has 0 spiro atoms. The van der Waals surface area contributed by atoms with Crippen LogP contribution in [0.15, 0.2) is 42.5 Å². The Hall–Kier alpha value is -2.47. The van der Waals surface area contributed by atoms with E-state index in [1.807, 2.05) is 0 Å². The lowest BCUT2D eigenvalue weighted by Crippen LogP contribution is -2.31. The van der Waals surface area contributed by atoms with Gasteiger partial charge in [-0.05, 0) is 29.8 Å². The molecule has 2 N–H and O–H groups in total. The lowest BCUT2D eigenvalue weighted by molar-refractivity contribution is -0.137. The summed E-state index contributed by atoms with van der Waals surface area (Å²) in [7, 11) is 0. The molecule has 0 unspecified atom stereocenters. The van der Waals surface area contributed by atoms with Crippen molar-refractivity contribution < 1.29 is 23.5 Å². The molecule has 1 amide bonds. The zero-order valence-corrected chi connectivity index (χ0v) is 12.5. The summed E-state index contributed by atoms with van der Waals surface area (Å²) in [5, 5.41) is 11.7. The fourth-order valence-electron chi connectivity index (χ4n) is 2.07. The number of amides is 1. The number of carboxylic acids is 1. The highest BCUT2D eigenvalue weighted by molar-refractivity contribution is 6.30. The SMILES string of the molecule is O=C(O)C[C@@H](NC(=O)c1c(F)cccc1F)c1ccc(Cl)cc1. The smallest absolute Gasteiger partial charge is 0.305 e. The van der Waals surface area contributed by atoms with Gasteiger partial charge in [0.15, 0.2) is 0 Å². The summed E-state index contributed by atoms with van der Waals surface area (Å²) >= 11 is 5.76. The summed E-state index contributed by atoms with van der Waals surface area (Å²) in [4.78, 5) is 23.1. The van der Waals surface area contributed by atoms with Crippen molar-refractivity contribution in [3.05, 3.63) is 70.2 Å². The monoisotopic (exact) mass is 339 g/mol. The maximum absolute atomic E-state index is 13.6.